The molecule has 2 aromatic rings. The van der Waals surface area contributed by atoms with Gasteiger partial charge in [0.15, 0.2) is 0 Å². The van der Waals surface area contributed by atoms with Crippen molar-refractivity contribution in [2.75, 3.05) is 11.1 Å². The van der Waals surface area contributed by atoms with Crippen LogP contribution >= 0.6 is 11.3 Å². The summed E-state index contributed by atoms with van der Waals surface area (Å²) in [7, 11) is 0. The summed E-state index contributed by atoms with van der Waals surface area (Å²) < 4.78 is 0. The molecule has 0 fully saturated rings. The zero-order valence-electron chi connectivity index (χ0n) is 8.73. The van der Waals surface area contributed by atoms with Crippen LogP contribution in [0.5, 0.6) is 0 Å². The molecule has 0 atom stereocenters. The maximum absolute atomic E-state index is 11.7. The molecule has 0 spiro atoms. The molecule has 1 heterocycles. The molecule has 0 saturated carbocycles. The van der Waals surface area contributed by atoms with Crippen LogP contribution in [-0.2, 0) is 0 Å². The highest BCUT2D eigenvalue weighted by molar-refractivity contribution is 7.07. The van der Waals surface area contributed by atoms with Gasteiger partial charge in [-0.3, -0.25) is 4.79 Å². The first-order valence-electron chi connectivity index (χ1n) is 4.72. The summed E-state index contributed by atoms with van der Waals surface area (Å²) in [5.41, 5.74) is 10.1. The van der Waals surface area contributed by atoms with E-state index in [0.29, 0.717) is 11.4 Å². The van der Waals surface area contributed by atoms with Crippen LogP contribution in [0.25, 0.3) is 0 Å². The van der Waals surface area contributed by atoms with Crippen LogP contribution in [0.3, 0.4) is 0 Å². The second kappa shape index (κ2) is 4.32. The van der Waals surface area contributed by atoms with Crippen LogP contribution in [0.15, 0.2) is 29.1 Å². The summed E-state index contributed by atoms with van der Waals surface area (Å²) in [6.07, 6.45) is 0. The number of amides is 1. The van der Waals surface area contributed by atoms with Gasteiger partial charge in [0, 0.05) is 16.8 Å². The van der Waals surface area contributed by atoms with E-state index >= 15 is 0 Å². The minimum absolute atomic E-state index is 0.200. The molecule has 4 nitrogen and oxygen atoms in total. The van der Waals surface area contributed by atoms with Crippen LogP contribution < -0.4 is 11.1 Å². The van der Waals surface area contributed by atoms with E-state index in [0.717, 1.165) is 11.3 Å². The number of hydrogen-bond acceptors (Lipinski definition) is 4. The SMILES string of the molecule is Cc1cc(N)ccc1NC(=O)c1cscn1. The summed E-state index contributed by atoms with van der Waals surface area (Å²) in [5, 5.41) is 4.50. The molecule has 1 aromatic heterocycles. The lowest BCUT2D eigenvalue weighted by Crippen LogP contribution is -2.13. The Bertz CT molecular complexity index is 508. The van der Waals surface area contributed by atoms with E-state index in [-0.39, 0.29) is 5.91 Å². The molecular weight excluding hydrogens is 222 g/mol. The lowest BCUT2D eigenvalue weighted by atomic mass is 10.2. The third-order valence-corrected chi connectivity index (χ3v) is 2.75. The first kappa shape index (κ1) is 10.6. The summed E-state index contributed by atoms with van der Waals surface area (Å²) >= 11 is 1.39. The molecule has 0 saturated heterocycles. The largest absolute Gasteiger partial charge is 0.399 e. The number of nitrogens with two attached hydrogens (primary N) is 1. The van der Waals surface area contributed by atoms with Crippen molar-refractivity contribution in [1.29, 1.82) is 0 Å². The molecule has 1 aromatic carbocycles. The normalized spacial score (nSPS) is 10.1. The van der Waals surface area contributed by atoms with Crippen LogP contribution in [0.1, 0.15) is 16.1 Å². The minimum atomic E-state index is -0.200. The van der Waals surface area contributed by atoms with E-state index in [9.17, 15) is 4.79 Å². The summed E-state index contributed by atoms with van der Waals surface area (Å²) in [6.45, 7) is 1.90. The van der Waals surface area contributed by atoms with Gasteiger partial charge in [-0.05, 0) is 30.7 Å². The summed E-state index contributed by atoms with van der Waals surface area (Å²) in [6, 6.07) is 5.36. The Balaban J connectivity index is 2.18. The number of nitrogen functional groups attached to an aromatic ring is 1. The lowest BCUT2D eigenvalue weighted by molar-refractivity contribution is 0.102. The van der Waals surface area contributed by atoms with Gasteiger partial charge in [0.1, 0.15) is 5.69 Å². The Kier molecular flexibility index (Phi) is 2.87. The van der Waals surface area contributed by atoms with Crippen molar-refractivity contribution in [3.05, 3.63) is 40.3 Å². The van der Waals surface area contributed by atoms with Crippen LogP contribution in [0.2, 0.25) is 0 Å². The van der Waals surface area contributed by atoms with E-state index in [2.05, 4.69) is 10.3 Å². The molecule has 82 valence electrons. The third-order valence-electron chi connectivity index (χ3n) is 2.16. The summed E-state index contributed by atoms with van der Waals surface area (Å²) in [5.74, 6) is -0.200. The van der Waals surface area contributed by atoms with E-state index in [1.807, 2.05) is 13.0 Å². The first-order valence-corrected chi connectivity index (χ1v) is 5.67. The predicted octanol–water partition coefficient (Wildman–Crippen LogP) is 2.29. The van der Waals surface area contributed by atoms with E-state index in [1.54, 1.807) is 23.0 Å². The van der Waals surface area contributed by atoms with Crippen LogP contribution in [-0.4, -0.2) is 10.9 Å². The molecule has 2 rings (SSSR count). The zero-order valence-corrected chi connectivity index (χ0v) is 9.54. The van der Waals surface area contributed by atoms with Crippen molar-refractivity contribution in [2.45, 2.75) is 6.92 Å². The number of thiazole rings is 1. The molecular formula is C11H11N3OS. The molecule has 0 aliphatic heterocycles. The molecule has 16 heavy (non-hydrogen) atoms. The van der Waals surface area contributed by atoms with Gasteiger partial charge in [-0.25, -0.2) is 4.98 Å². The number of aromatic nitrogens is 1. The fourth-order valence-electron chi connectivity index (χ4n) is 1.34. The average molecular weight is 233 g/mol. The van der Waals surface area contributed by atoms with Gasteiger partial charge < -0.3 is 11.1 Å². The Morgan fingerprint density at radius 1 is 1.50 bits per heavy atom. The predicted molar refractivity (Wildman–Crippen MR) is 65.7 cm³/mol. The van der Waals surface area contributed by atoms with Gasteiger partial charge in [0.2, 0.25) is 0 Å². The zero-order chi connectivity index (χ0) is 11.5. The number of nitrogens with zero attached hydrogens (tertiary/aromatic N) is 1. The molecule has 1 amide bonds. The first-order chi connectivity index (χ1) is 7.66. The highest BCUT2D eigenvalue weighted by Gasteiger charge is 2.09. The van der Waals surface area contributed by atoms with Crippen LogP contribution in [0.4, 0.5) is 11.4 Å². The number of nitrogens with one attached hydrogen (secondary N) is 1. The number of carbonyl (C=O) groups is 1. The van der Waals surface area contributed by atoms with Gasteiger partial charge in [-0.15, -0.1) is 11.3 Å². The number of carbonyl (C=O) groups excluding carboxylic acids is 1. The van der Waals surface area contributed by atoms with Gasteiger partial charge >= 0.3 is 0 Å². The Morgan fingerprint density at radius 2 is 2.31 bits per heavy atom. The second-order valence-electron chi connectivity index (χ2n) is 3.40. The number of aryl methyl sites for hydroxylation is 1. The van der Waals surface area contributed by atoms with E-state index in [4.69, 9.17) is 5.73 Å². The van der Waals surface area contributed by atoms with Gasteiger partial charge in [0.05, 0.1) is 5.51 Å². The third kappa shape index (κ3) is 2.20. The summed E-state index contributed by atoms with van der Waals surface area (Å²) in [4.78, 5) is 15.7. The van der Waals surface area contributed by atoms with Gasteiger partial charge in [0.25, 0.3) is 5.91 Å². The van der Waals surface area contributed by atoms with E-state index in [1.165, 1.54) is 11.3 Å². The topological polar surface area (TPSA) is 68.0 Å². The maximum atomic E-state index is 11.7. The molecule has 0 bridgehead atoms. The fourth-order valence-corrected chi connectivity index (χ4v) is 1.87. The molecule has 0 aliphatic carbocycles. The number of rotatable bonds is 2. The number of benzene rings is 1. The average Bonchev–Trinajstić information content (AvgIpc) is 2.75. The molecule has 0 unspecified atom stereocenters. The lowest BCUT2D eigenvalue weighted by Gasteiger charge is -2.07. The second-order valence-corrected chi connectivity index (χ2v) is 4.12. The quantitative estimate of drug-likeness (QED) is 0.782. The van der Waals surface area contributed by atoms with Crippen molar-refractivity contribution in [3.8, 4) is 0 Å². The van der Waals surface area contributed by atoms with Crippen molar-refractivity contribution in [3.63, 3.8) is 0 Å². The van der Waals surface area contributed by atoms with Gasteiger partial charge in [-0.1, -0.05) is 0 Å². The minimum Gasteiger partial charge on any atom is -0.399 e. The monoisotopic (exact) mass is 233 g/mol. The highest BCUT2D eigenvalue weighted by atomic mass is 32.1. The standard InChI is InChI=1S/C11H11N3OS/c1-7-4-8(12)2-3-9(7)14-11(15)10-5-16-6-13-10/h2-6H,12H2,1H3,(H,14,15). The van der Waals surface area contributed by atoms with Crippen molar-refractivity contribution in [2.24, 2.45) is 0 Å². The van der Waals surface area contributed by atoms with Crippen molar-refractivity contribution < 1.29 is 4.79 Å². The molecule has 3 N–H and O–H groups in total. The Labute approximate surface area is 97.1 Å². The Morgan fingerprint density at radius 3 is 2.94 bits per heavy atom. The highest BCUT2D eigenvalue weighted by Crippen LogP contribution is 2.18. The molecule has 0 aliphatic rings. The van der Waals surface area contributed by atoms with Crippen molar-refractivity contribution >= 4 is 28.6 Å². The number of hydrogen-bond donors (Lipinski definition) is 2. The van der Waals surface area contributed by atoms with Crippen LogP contribution in [0, 0.1) is 6.92 Å². The van der Waals surface area contributed by atoms with E-state index < -0.39 is 0 Å². The Hall–Kier alpha value is -1.88. The van der Waals surface area contributed by atoms with Crippen molar-refractivity contribution in [1.82, 2.24) is 4.98 Å². The molecule has 0 radical (unpaired) electrons. The maximum Gasteiger partial charge on any atom is 0.275 e. The van der Waals surface area contributed by atoms with Gasteiger partial charge in [-0.2, -0.15) is 0 Å². The molecule has 5 heteroatoms. The number of anilines is 2. The smallest absolute Gasteiger partial charge is 0.275 e. The fraction of sp³-hybridized carbons (Fsp3) is 0.0909.